The molecule has 4 aromatic rings. The molecule has 3 aromatic carbocycles. The highest BCUT2D eigenvalue weighted by Crippen LogP contribution is 2.41. The minimum Gasteiger partial charge on any atom is -0.445 e. The van der Waals surface area contributed by atoms with Crippen molar-refractivity contribution >= 4 is 53.1 Å². The number of halogens is 4. The summed E-state index contributed by atoms with van der Waals surface area (Å²) in [6.45, 7) is 8.27. The van der Waals surface area contributed by atoms with Gasteiger partial charge in [-0.1, -0.05) is 58.9 Å². The van der Waals surface area contributed by atoms with Crippen LogP contribution in [0.15, 0.2) is 85.1 Å². The summed E-state index contributed by atoms with van der Waals surface area (Å²) in [7, 11) is 0. The van der Waals surface area contributed by atoms with Crippen LogP contribution in [0.25, 0.3) is 11.3 Å². The van der Waals surface area contributed by atoms with Crippen molar-refractivity contribution in [3.8, 4) is 11.3 Å². The predicted molar refractivity (Wildman–Crippen MR) is 276 cm³/mol. The number of urea groups is 1. The molecule has 6 atom stereocenters. The topological polar surface area (TPSA) is 256 Å². The van der Waals surface area contributed by atoms with E-state index in [0.717, 1.165) is 40.2 Å². The van der Waals surface area contributed by atoms with Crippen molar-refractivity contribution in [2.45, 2.75) is 98.3 Å². The standard InChI is InChI=1S/C55H65F4N9O10/c1-31(2)48(64-45(71)29-67-46(72)18-19-47(67)73)44(70)22-35(10-8-20-61-53(60)76)51(74)62-39-15-12-33(13-16-39)30-78-54(77)66-25-36(42(59)27-66)26-68(52(75)32(3)69)49(55(4,5)6)50-63-43(40-23-38(57)14-17-41(40)58)28-65(50)24-34-9-7-11-37(56)21-34/h7,9,11-19,21,23,28,31-32,35-36,42,48-49,69H,8,10,20,22,24-27,29-30H2,1-6H3,(H,62,74)(H,64,71)(H3,60,61,76)/t32-,35+,36-,42-,48-,49-/m0/s1. The predicted octanol–water partition coefficient (Wildman–Crippen LogP) is 5.95. The van der Waals surface area contributed by atoms with Crippen LogP contribution in [0.5, 0.6) is 0 Å². The average molecular weight is 1090 g/mol. The number of likely N-dealkylation sites (tertiary alicyclic amines) is 1. The lowest BCUT2D eigenvalue weighted by atomic mass is 9.84. The summed E-state index contributed by atoms with van der Waals surface area (Å²) in [5.41, 5.74) is 5.37. The molecule has 3 heterocycles. The van der Waals surface area contributed by atoms with Gasteiger partial charge in [-0.15, -0.1) is 0 Å². The van der Waals surface area contributed by atoms with Crippen molar-refractivity contribution in [1.82, 2.24) is 34.9 Å². The lowest BCUT2D eigenvalue weighted by molar-refractivity contribution is -0.146. The van der Waals surface area contributed by atoms with Crippen LogP contribution in [-0.4, -0.2) is 128 Å². The van der Waals surface area contributed by atoms with Crippen LogP contribution in [0.2, 0.25) is 0 Å². The molecule has 8 amide bonds. The average Bonchev–Trinajstić information content (AvgIpc) is 4.10. The second-order valence-corrected chi connectivity index (χ2v) is 20.9. The third-order valence-corrected chi connectivity index (χ3v) is 13.3. The van der Waals surface area contributed by atoms with E-state index in [1.165, 1.54) is 48.4 Å². The normalized spacial score (nSPS) is 16.9. The van der Waals surface area contributed by atoms with E-state index in [-0.39, 0.29) is 69.1 Å². The van der Waals surface area contributed by atoms with Gasteiger partial charge in [0.15, 0.2) is 5.78 Å². The van der Waals surface area contributed by atoms with Gasteiger partial charge in [-0.2, -0.15) is 0 Å². The van der Waals surface area contributed by atoms with E-state index in [9.17, 15) is 52.2 Å². The Hall–Kier alpha value is -7.95. The number of imidazole rings is 1. The number of aromatic nitrogens is 2. The number of benzene rings is 3. The van der Waals surface area contributed by atoms with Gasteiger partial charge in [0.25, 0.3) is 17.7 Å². The molecule has 0 spiro atoms. The van der Waals surface area contributed by atoms with Crippen molar-refractivity contribution in [2.24, 2.45) is 28.9 Å². The van der Waals surface area contributed by atoms with Gasteiger partial charge in [0.2, 0.25) is 11.8 Å². The van der Waals surface area contributed by atoms with Crippen molar-refractivity contribution in [3.05, 3.63) is 119 Å². The first-order valence-corrected chi connectivity index (χ1v) is 25.4. The van der Waals surface area contributed by atoms with Crippen LogP contribution < -0.4 is 21.7 Å². The fourth-order valence-electron chi connectivity index (χ4n) is 9.38. The van der Waals surface area contributed by atoms with Gasteiger partial charge >= 0.3 is 12.1 Å². The maximum Gasteiger partial charge on any atom is 0.410 e. The number of rotatable bonds is 23. The molecular weight excluding hydrogens is 1020 g/mol. The number of hydrogen-bond acceptors (Lipinski definition) is 11. The highest BCUT2D eigenvalue weighted by atomic mass is 19.1. The van der Waals surface area contributed by atoms with Gasteiger partial charge < -0.3 is 45.9 Å². The van der Waals surface area contributed by atoms with Gasteiger partial charge in [0, 0.05) is 74.0 Å². The van der Waals surface area contributed by atoms with E-state index in [1.54, 1.807) is 57.4 Å². The molecule has 23 heteroatoms. The lowest BCUT2D eigenvalue weighted by Crippen LogP contribution is -2.49. The molecule has 1 aromatic heterocycles. The van der Waals surface area contributed by atoms with Gasteiger partial charge in [0.05, 0.1) is 24.3 Å². The molecule has 78 heavy (non-hydrogen) atoms. The van der Waals surface area contributed by atoms with E-state index in [2.05, 4.69) is 16.0 Å². The van der Waals surface area contributed by atoms with Crippen molar-refractivity contribution in [1.29, 1.82) is 0 Å². The molecule has 418 valence electrons. The number of carbonyl (C=O) groups excluding carboxylic acids is 8. The number of amides is 8. The third kappa shape index (κ3) is 15.6. The van der Waals surface area contributed by atoms with Crippen LogP contribution in [0.4, 0.5) is 32.8 Å². The van der Waals surface area contributed by atoms with Crippen LogP contribution in [0, 0.1) is 40.6 Å². The Labute approximate surface area is 448 Å². The third-order valence-electron chi connectivity index (χ3n) is 13.3. The minimum absolute atomic E-state index is 0.00485. The SMILES string of the molecule is CC(C)[C@H](NC(=O)CN1C(=O)C=CC1=O)C(=O)C[C@@H](CCCNC(N)=O)C(=O)Nc1ccc(COC(=O)N2C[C@@H](CN(C(=O)[C@H](C)O)[C@@H](c3nc(-c4cc(F)ccc4F)cn3Cc3cccc(F)c3)C(C)(C)C)[C@@H](F)C2)cc1. The molecule has 6 rings (SSSR count). The number of nitrogens with zero attached hydrogens (tertiary/aromatic N) is 5. The molecule has 19 nitrogen and oxygen atoms in total. The zero-order valence-electron chi connectivity index (χ0n) is 44.1. The first kappa shape index (κ1) is 59.3. The van der Waals surface area contributed by atoms with Crippen LogP contribution in [0.3, 0.4) is 0 Å². The number of carbonyl (C=O) groups is 8. The maximum atomic E-state index is 16.2. The van der Waals surface area contributed by atoms with Gasteiger partial charge in [-0.25, -0.2) is 32.1 Å². The number of anilines is 1. The fourth-order valence-corrected chi connectivity index (χ4v) is 9.38. The molecule has 6 N–H and O–H groups in total. The summed E-state index contributed by atoms with van der Waals surface area (Å²) in [5.74, 6) is -8.19. The van der Waals surface area contributed by atoms with Crippen molar-refractivity contribution in [3.63, 3.8) is 0 Å². The molecule has 0 aliphatic carbocycles. The zero-order chi connectivity index (χ0) is 57.2. The van der Waals surface area contributed by atoms with Crippen LogP contribution >= 0.6 is 0 Å². The smallest absolute Gasteiger partial charge is 0.410 e. The number of alkyl halides is 1. The first-order chi connectivity index (χ1) is 36.8. The van der Waals surface area contributed by atoms with Crippen LogP contribution in [0.1, 0.15) is 83.8 Å². The number of Topliss-reactive ketones (excluding diaryl/α,β-unsaturated/α-hetero) is 1. The maximum absolute atomic E-state index is 16.2. The van der Waals surface area contributed by atoms with E-state index in [0.29, 0.717) is 16.8 Å². The quantitative estimate of drug-likeness (QED) is 0.0330. The molecule has 2 aliphatic rings. The number of nitrogens with two attached hydrogens (primary N) is 1. The number of ketones is 1. The highest BCUT2D eigenvalue weighted by Gasteiger charge is 2.44. The molecule has 0 saturated carbocycles. The van der Waals surface area contributed by atoms with Gasteiger partial charge in [-0.05, 0) is 84.7 Å². The Morgan fingerprint density at radius 3 is 2.22 bits per heavy atom. The second kappa shape index (κ2) is 25.9. The molecular formula is C55H65F4N9O10. The second-order valence-electron chi connectivity index (χ2n) is 20.9. The number of aliphatic hydroxyl groups is 1. The summed E-state index contributed by atoms with van der Waals surface area (Å²) in [6, 6.07) is 11.9. The van der Waals surface area contributed by atoms with E-state index in [1.807, 2.05) is 0 Å². The molecule has 0 unspecified atom stereocenters. The molecule has 1 saturated heterocycles. The van der Waals surface area contributed by atoms with Crippen LogP contribution in [-0.2, 0) is 46.7 Å². The van der Waals surface area contributed by atoms with E-state index in [4.69, 9.17) is 15.5 Å². The summed E-state index contributed by atoms with van der Waals surface area (Å²) in [4.78, 5) is 111. The number of aliphatic hydroxyl groups excluding tert-OH is 1. The largest absolute Gasteiger partial charge is 0.445 e. The van der Waals surface area contributed by atoms with Gasteiger partial charge in [0.1, 0.15) is 48.7 Å². The number of imide groups is 1. The summed E-state index contributed by atoms with van der Waals surface area (Å²) < 4.78 is 67.5. The summed E-state index contributed by atoms with van der Waals surface area (Å²) in [5, 5.41) is 18.5. The Balaban J connectivity index is 1.12. The fraction of sp³-hybridized carbons (Fsp3) is 0.436. The lowest BCUT2D eigenvalue weighted by Gasteiger charge is -2.41. The molecule has 1 fully saturated rings. The monoisotopic (exact) mass is 1090 g/mol. The van der Waals surface area contributed by atoms with Crippen molar-refractivity contribution < 1.29 is 65.8 Å². The Morgan fingerprint density at radius 1 is 0.910 bits per heavy atom. The van der Waals surface area contributed by atoms with E-state index >= 15 is 8.78 Å². The van der Waals surface area contributed by atoms with Crippen molar-refractivity contribution in [2.75, 3.05) is 38.0 Å². The number of primary amides is 1. The molecule has 0 radical (unpaired) electrons. The zero-order valence-corrected chi connectivity index (χ0v) is 44.1. The molecule has 2 aliphatic heterocycles. The Kier molecular flexibility index (Phi) is 19.7. The highest BCUT2D eigenvalue weighted by molar-refractivity contribution is 6.14. The first-order valence-electron chi connectivity index (χ1n) is 25.4. The molecule has 0 bridgehead atoms. The minimum atomic E-state index is -1.67. The number of ether oxygens (including phenoxy) is 1. The summed E-state index contributed by atoms with van der Waals surface area (Å²) in [6.07, 6.45) is -0.539. The van der Waals surface area contributed by atoms with E-state index < -0.39 is 126 Å². The Morgan fingerprint density at radius 2 is 1.59 bits per heavy atom. The number of hydrogen-bond donors (Lipinski definition) is 5. The summed E-state index contributed by atoms with van der Waals surface area (Å²) >= 11 is 0. The Bertz CT molecular complexity index is 2890. The van der Waals surface area contributed by atoms with Gasteiger partial charge in [-0.3, -0.25) is 33.7 Å². The number of nitrogens with one attached hydrogen (secondary N) is 3.